The fraction of sp³-hybridized carbons (Fsp3) is 0.0667. The first-order valence-corrected chi connectivity index (χ1v) is 7.17. The summed E-state index contributed by atoms with van der Waals surface area (Å²) >= 11 is 1.40. The molecule has 0 atom stereocenters. The molecule has 0 spiro atoms. The monoisotopic (exact) mass is 296 g/mol. The van der Waals surface area contributed by atoms with E-state index in [4.69, 9.17) is 0 Å². The molecule has 0 aliphatic rings. The molecule has 0 radical (unpaired) electrons. The fourth-order valence-corrected chi connectivity index (χ4v) is 2.78. The zero-order valence-corrected chi connectivity index (χ0v) is 12.1. The van der Waals surface area contributed by atoms with Crippen molar-refractivity contribution in [3.63, 3.8) is 0 Å². The van der Waals surface area contributed by atoms with E-state index in [1.54, 1.807) is 30.6 Å². The van der Waals surface area contributed by atoms with Crippen molar-refractivity contribution in [3.8, 4) is 10.6 Å². The van der Waals surface area contributed by atoms with Crippen LogP contribution in [0.3, 0.4) is 0 Å². The molecule has 0 fully saturated rings. The van der Waals surface area contributed by atoms with Crippen LogP contribution in [0.5, 0.6) is 0 Å². The number of nitrogens with zero attached hydrogens (tertiary/aromatic N) is 3. The largest absolute Gasteiger partial charge is 0.296 e. The SMILES string of the molecule is Cc1nc(NC(=O)c2ccccn2)sc1-c1ccccn1. The van der Waals surface area contributed by atoms with Crippen LogP contribution in [-0.2, 0) is 0 Å². The van der Waals surface area contributed by atoms with Gasteiger partial charge in [-0.2, -0.15) is 0 Å². The van der Waals surface area contributed by atoms with Crippen LogP contribution in [0.4, 0.5) is 5.13 Å². The van der Waals surface area contributed by atoms with Crippen molar-refractivity contribution in [2.45, 2.75) is 6.92 Å². The van der Waals surface area contributed by atoms with Crippen LogP contribution in [0.2, 0.25) is 0 Å². The second-order valence-corrected chi connectivity index (χ2v) is 5.32. The van der Waals surface area contributed by atoms with Crippen LogP contribution in [0.25, 0.3) is 10.6 Å². The Hall–Kier alpha value is -2.60. The summed E-state index contributed by atoms with van der Waals surface area (Å²) in [5, 5.41) is 3.31. The van der Waals surface area contributed by atoms with Crippen molar-refractivity contribution in [3.05, 3.63) is 60.2 Å². The summed E-state index contributed by atoms with van der Waals surface area (Å²) in [6, 6.07) is 10.9. The third-order valence-electron chi connectivity index (χ3n) is 2.81. The zero-order valence-electron chi connectivity index (χ0n) is 11.3. The van der Waals surface area contributed by atoms with Crippen LogP contribution in [-0.4, -0.2) is 20.9 Å². The average molecular weight is 296 g/mol. The summed E-state index contributed by atoms with van der Waals surface area (Å²) in [5.41, 5.74) is 2.06. The molecule has 0 aliphatic heterocycles. The predicted octanol–water partition coefficient (Wildman–Crippen LogP) is 3.16. The molecule has 1 N–H and O–H groups in total. The van der Waals surface area contributed by atoms with Gasteiger partial charge >= 0.3 is 0 Å². The highest BCUT2D eigenvalue weighted by Crippen LogP contribution is 2.31. The van der Waals surface area contributed by atoms with E-state index in [0.29, 0.717) is 10.8 Å². The molecule has 0 saturated carbocycles. The van der Waals surface area contributed by atoms with Crippen molar-refractivity contribution in [2.24, 2.45) is 0 Å². The van der Waals surface area contributed by atoms with Gasteiger partial charge in [-0.1, -0.05) is 23.5 Å². The van der Waals surface area contributed by atoms with E-state index >= 15 is 0 Å². The van der Waals surface area contributed by atoms with Crippen molar-refractivity contribution in [2.75, 3.05) is 5.32 Å². The van der Waals surface area contributed by atoms with Gasteiger partial charge in [0.15, 0.2) is 5.13 Å². The van der Waals surface area contributed by atoms with Gasteiger partial charge in [-0.3, -0.25) is 20.1 Å². The third kappa shape index (κ3) is 2.95. The summed E-state index contributed by atoms with van der Waals surface area (Å²) in [6.45, 7) is 1.90. The van der Waals surface area contributed by atoms with Gasteiger partial charge in [0.05, 0.1) is 16.3 Å². The molecule has 3 aromatic heterocycles. The van der Waals surface area contributed by atoms with E-state index in [1.165, 1.54) is 11.3 Å². The van der Waals surface area contributed by atoms with Gasteiger partial charge in [-0.05, 0) is 31.2 Å². The van der Waals surface area contributed by atoms with E-state index < -0.39 is 0 Å². The molecule has 0 saturated heterocycles. The second kappa shape index (κ2) is 5.80. The molecule has 6 heteroatoms. The Balaban J connectivity index is 1.84. The highest BCUT2D eigenvalue weighted by Gasteiger charge is 2.14. The molecule has 1 amide bonds. The van der Waals surface area contributed by atoms with E-state index in [2.05, 4.69) is 20.3 Å². The van der Waals surface area contributed by atoms with Crippen molar-refractivity contribution < 1.29 is 4.79 Å². The maximum absolute atomic E-state index is 12.0. The molecule has 104 valence electrons. The highest BCUT2D eigenvalue weighted by molar-refractivity contribution is 7.19. The molecular formula is C15H12N4OS. The van der Waals surface area contributed by atoms with Gasteiger partial charge in [-0.15, -0.1) is 0 Å². The number of hydrogen-bond donors (Lipinski definition) is 1. The first-order chi connectivity index (χ1) is 10.2. The Morgan fingerprint density at radius 1 is 1.10 bits per heavy atom. The Labute approximate surface area is 125 Å². The average Bonchev–Trinajstić information content (AvgIpc) is 2.89. The van der Waals surface area contributed by atoms with Crippen molar-refractivity contribution >= 4 is 22.4 Å². The van der Waals surface area contributed by atoms with E-state index in [1.807, 2.05) is 25.1 Å². The van der Waals surface area contributed by atoms with Gasteiger partial charge in [0.2, 0.25) is 0 Å². The number of aryl methyl sites for hydroxylation is 1. The normalized spacial score (nSPS) is 10.3. The van der Waals surface area contributed by atoms with Crippen LogP contribution >= 0.6 is 11.3 Å². The molecule has 21 heavy (non-hydrogen) atoms. The first-order valence-electron chi connectivity index (χ1n) is 6.35. The van der Waals surface area contributed by atoms with E-state index in [0.717, 1.165) is 16.3 Å². The number of pyridine rings is 2. The predicted molar refractivity (Wildman–Crippen MR) is 82.3 cm³/mol. The lowest BCUT2D eigenvalue weighted by atomic mass is 10.3. The minimum Gasteiger partial charge on any atom is -0.296 e. The number of hydrogen-bond acceptors (Lipinski definition) is 5. The van der Waals surface area contributed by atoms with Gasteiger partial charge < -0.3 is 0 Å². The number of nitrogens with one attached hydrogen (secondary N) is 1. The number of anilines is 1. The maximum atomic E-state index is 12.0. The number of carbonyl (C=O) groups excluding carboxylic acids is 1. The van der Waals surface area contributed by atoms with Crippen LogP contribution in [0.15, 0.2) is 48.8 Å². The van der Waals surface area contributed by atoms with E-state index in [-0.39, 0.29) is 5.91 Å². The molecule has 0 aliphatic carbocycles. The Bertz CT molecular complexity index is 756. The van der Waals surface area contributed by atoms with Crippen LogP contribution < -0.4 is 5.32 Å². The lowest BCUT2D eigenvalue weighted by Crippen LogP contribution is -2.13. The molecule has 3 aromatic rings. The molecule has 3 rings (SSSR count). The molecule has 5 nitrogen and oxygen atoms in total. The lowest BCUT2D eigenvalue weighted by Gasteiger charge is -1.99. The smallest absolute Gasteiger partial charge is 0.276 e. The quantitative estimate of drug-likeness (QED) is 0.806. The van der Waals surface area contributed by atoms with Gasteiger partial charge in [0.1, 0.15) is 5.69 Å². The standard InChI is InChI=1S/C15H12N4OS/c1-10-13(11-6-2-4-8-16-11)21-15(18-10)19-14(20)12-7-3-5-9-17-12/h2-9H,1H3,(H,18,19,20). The molecule has 3 heterocycles. The Morgan fingerprint density at radius 3 is 2.52 bits per heavy atom. The maximum Gasteiger partial charge on any atom is 0.276 e. The topological polar surface area (TPSA) is 67.8 Å². The second-order valence-electron chi connectivity index (χ2n) is 4.32. The summed E-state index contributed by atoms with van der Waals surface area (Å²) < 4.78 is 0. The lowest BCUT2D eigenvalue weighted by molar-refractivity contribution is 0.102. The van der Waals surface area contributed by atoms with E-state index in [9.17, 15) is 4.79 Å². The minimum absolute atomic E-state index is 0.267. The molecule has 0 bridgehead atoms. The highest BCUT2D eigenvalue weighted by atomic mass is 32.1. The number of carbonyl (C=O) groups is 1. The van der Waals surface area contributed by atoms with Crippen molar-refractivity contribution in [1.82, 2.24) is 15.0 Å². The first kappa shape index (κ1) is 13.4. The number of amides is 1. The molecular weight excluding hydrogens is 284 g/mol. The third-order valence-corrected chi connectivity index (χ3v) is 3.91. The Kier molecular flexibility index (Phi) is 3.70. The Morgan fingerprint density at radius 2 is 1.86 bits per heavy atom. The molecule has 0 unspecified atom stereocenters. The van der Waals surface area contributed by atoms with Crippen LogP contribution in [0, 0.1) is 6.92 Å². The van der Waals surface area contributed by atoms with Gasteiger partial charge in [0, 0.05) is 12.4 Å². The number of aromatic nitrogens is 3. The van der Waals surface area contributed by atoms with Crippen LogP contribution in [0.1, 0.15) is 16.2 Å². The summed E-state index contributed by atoms with van der Waals surface area (Å²) in [5.74, 6) is -0.267. The summed E-state index contributed by atoms with van der Waals surface area (Å²) in [4.78, 5) is 25.7. The van der Waals surface area contributed by atoms with Crippen molar-refractivity contribution in [1.29, 1.82) is 0 Å². The minimum atomic E-state index is -0.267. The summed E-state index contributed by atoms with van der Waals surface area (Å²) in [6.07, 6.45) is 3.32. The summed E-state index contributed by atoms with van der Waals surface area (Å²) in [7, 11) is 0. The molecule has 0 aromatic carbocycles. The van der Waals surface area contributed by atoms with Gasteiger partial charge in [0.25, 0.3) is 5.91 Å². The van der Waals surface area contributed by atoms with Gasteiger partial charge in [-0.25, -0.2) is 4.98 Å². The number of rotatable bonds is 3. The number of thiazole rings is 1. The zero-order chi connectivity index (χ0) is 14.7. The fourth-order valence-electron chi connectivity index (χ4n) is 1.84.